The number of likely N-dealkylation sites (N-methyl/N-ethyl adjacent to an activating group) is 1. The molecule has 1 atom stereocenters. The van der Waals surface area contributed by atoms with Gasteiger partial charge in [-0.1, -0.05) is 6.92 Å². The van der Waals surface area contributed by atoms with E-state index in [1.807, 2.05) is 20.9 Å². The number of rotatable bonds is 8. The van der Waals surface area contributed by atoms with Gasteiger partial charge in [0.2, 0.25) is 0 Å². The van der Waals surface area contributed by atoms with Crippen molar-refractivity contribution >= 4 is 5.97 Å². The van der Waals surface area contributed by atoms with Crippen molar-refractivity contribution in [2.45, 2.75) is 71.0 Å². The second-order valence-corrected chi connectivity index (χ2v) is 6.87. The summed E-state index contributed by atoms with van der Waals surface area (Å²) in [6.07, 6.45) is 3.05. The van der Waals surface area contributed by atoms with E-state index < -0.39 is 11.5 Å². The van der Waals surface area contributed by atoms with Gasteiger partial charge in [-0.2, -0.15) is 0 Å². The molecule has 0 radical (unpaired) electrons. The zero-order chi connectivity index (χ0) is 14.8. The van der Waals surface area contributed by atoms with Crippen LogP contribution in [-0.2, 0) is 4.79 Å². The number of carbonyl (C=O) groups is 1. The lowest BCUT2D eigenvalue weighted by molar-refractivity contribution is -0.148. The Kier molecular flexibility index (Phi) is 5.02. The van der Waals surface area contributed by atoms with Crippen LogP contribution in [0.4, 0.5) is 0 Å². The maximum absolute atomic E-state index is 11.9. The number of hydrogen-bond donors (Lipinski definition) is 2. The van der Waals surface area contributed by atoms with Gasteiger partial charge in [-0.3, -0.25) is 15.0 Å². The molecule has 1 aliphatic rings. The number of nitrogens with one attached hydrogen (secondary N) is 1. The highest BCUT2D eigenvalue weighted by Gasteiger charge is 2.52. The van der Waals surface area contributed by atoms with Gasteiger partial charge in [-0.25, -0.2) is 0 Å². The predicted octanol–water partition coefficient (Wildman–Crippen LogP) is 2.34. The average Bonchev–Trinajstić information content (AvgIpc) is 3.10. The molecule has 0 heterocycles. The summed E-state index contributed by atoms with van der Waals surface area (Å²) < 4.78 is 0. The van der Waals surface area contributed by atoms with Gasteiger partial charge in [0, 0.05) is 18.1 Å². The number of nitrogens with zero attached hydrogens (tertiary/aromatic N) is 1. The summed E-state index contributed by atoms with van der Waals surface area (Å²) in [6.45, 7) is 11.1. The van der Waals surface area contributed by atoms with Crippen molar-refractivity contribution in [2.24, 2.45) is 5.92 Å². The minimum atomic E-state index is -0.796. The molecule has 0 bridgehead atoms. The lowest BCUT2D eigenvalue weighted by atomic mass is 9.88. The Bertz CT molecular complexity index is 324. The maximum Gasteiger partial charge on any atom is 0.325 e. The van der Waals surface area contributed by atoms with Crippen LogP contribution in [0.1, 0.15) is 53.9 Å². The van der Waals surface area contributed by atoms with Gasteiger partial charge in [0.15, 0.2) is 0 Å². The molecule has 1 rings (SSSR count). The molecule has 0 saturated heterocycles. The molecular weight excluding hydrogens is 240 g/mol. The van der Waals surface area contributed by atoms with Crippen molar-refractivity contribution in [3.63, 3.8) is 0 Å². The molecule has 0 spiro atoms. The van der Waals surface area contributed by atoms with Crippen molar-refractivity contribution in [2.75, 3.05) is 13.6 Å². The second-order valence-electron chi connectivity index (χ2n) is 6.87. The summed E-state index contributed by atoms with van der Waals surface area (Å²) in [4.78, 5) is 14.1. The first-order chi connectivity index (χ1) is 8.65. The monoisotopic (exact) mass is 270 g/mol. The third kappa shape index (κ3) is 3.69. The smallest absolute Gasteiger partial charge is 0.325 e. The highest BCUT2D eigenvalue weighted by atomic mass is 16.4. The van der Waals surface area contributed by atoms with Crippen LogP contribution in [0.5, 0.6) is 0 Å². The summed E-state index contributed by atoms with van der Waals surface area (Å²) in [5, 5.41) is 13.1. The number of carboxylic acid groups (broad SMARTS) is 1. The van der Waals surface area contributed by atoms with Crippen LogP contribution in [0.2, 0.25) is 0 Å². The normalized spacial score (nSPS) is 19.8. The third-order valence-corrected chi connectivity index (χ3v) is 4.59. The summed E-state index contributed by atoms with van der Waals surface area (Å²) >= 11 is 0. The Morgan fingerprint density at radius 1 is 1.42 bits per heavy atom. The molecule has 1 saturated carbocycles. The third-order valence-electron chi connectivity index (χ3n) is 4.59. The van der Waals surface area contributed by atoms with Gasteiger partial charge in [0.25, 0.3) is 0 Å². The van der Waals surface area contributed by atoms with E-state index in [1.54, 1.807) is 0 Å². The lowest BCUT2D eigenvalue weighted by Gasteiger charge is -2.42. The standard InChI is InChI=1S/C15H30N2O2/c1-7-14(4,5)17(6)10-15(13(18)19,12-8-9-12)16-11(2)3/h11-12,16H,7-10H2,1-6H3,(H,18,19). The molecular formula is C15H30N2O2. The van der Waals surface area contributed by atoms with Gasteiger partial charge in [0.05, 0.1) is 0 Å². The van der Waals surface area contributed by atoms with E-state index in [2.05, 4.69) is 31.0 Å². The highest BCUT2D eigenvalue weighted by molar-refractivity contribution is 5.80. The van der Waals surface area contributed by atoms with Crippen molar-refractivity contribution in [3.05, 3.63) is 0 Å². The van der Waals surface area contributed by atoms with Crippen LogP contribution in [0, 0.1) is 5.92 Å². The van der Waals surface area contributed by atoms with Crippen molar-refractivity contribution < 1.29 is 9.90 Å². The molecule has 0 aromatic heterocycles. The summed E-state index contributed by atoms with van der Waals surface area (Å²) in [5.74, 6) is -0.440. The first kappa shape index (κ1) is 16.4. The number of carboxylic acids is 1. The largest absolute Gasteiger partial charge is 0.480 e. The van der Waals surface area contributed by atoms with E-state index in [0.29, 0.717) is 6.54 Å². The first-order valence-corrected chi connectivity index (χ1v) is 7.38. The fourth-order valence-corrected chi connectivity index (χ4v) is 2.55. The SMILES string of the molecule is CCC(C)(C)N(C)CC(NC(C)C)(C(=O)O)C1CC1. The van der Waals surface area contributed by atoms with Crippen LogP contribution in [0.25, 0.3) is 0 Å². The molecule has 1 unspecified atom stereocenters. The van der Waals surface area contributed by atoms with Gasteiger partial charge >= 0.3 is 5.97 Å². The molecule has 19 heavy (non-hydrogen) atoms. The van der Waals surface area contributed by atoms with Gasteiger partial charge < -0.3 is 5.11 Å². The molecule has 2 N–H and O–H groups in total. The van der Waals surface area contributed by atoms with E-state index in [1.165, 1.54) is 0 Å². The van der Waals surface area contributed by atoms with Crippen LogP contribution < -0.4 is 5.32 Å². The highest BCUT2D eigenvalue weighted by Crippen LogP contribution is 2.41. The fourth-order valence-electron chi connectivity index (χ4n) is 2.55. The molecule has 1 aliphatic carbocycles. The average molecular weight is 270 g/mol. The molecule has 0 aliphatic heterocycles. The zero-order valence-electron chi connectivity index (χ0n) is 13.3. The minimum Gasteiger partial charge on any atom is -0.480 e. The molecule has 4 nitrogen and oxygen atoms in total. The van der Waals surface area contributed by atoms with E-state index >= 15 is 0 Å². The van der Waals surface area contributed by atoms with Gasteiger partial charge in [-0.15, -0.1) is 0 Å². The van der Waals surface area contributed by atoms with E-state index in [-0.39, 0.29) is 17.5 Å². The number of aliphatic carboxylic acids is 1. The van der Waals surface area contributed by atoms with Crippen LogP contribution in [0.15, 0.2) is 0 Å². The molecule has 1 fully saturated rings. The van der Waals surface area contributed by atoms with Crippen molar-refractivity contribution in [1.29, 1.82) is 0 Å². The lowest BCUT2D eigenvalue weighted by Crippen LogP contribution is -2.64. The topological polar surface area (TPSA) is 52.6 Å². The van der Waals surface area contributed by atoms with Crippen LogP contribution >= 0.6 is 0 Å². The Morgan fingerprint density at radius 2 is 1.95 bits per heavy atom. The first-order valence-electron chi connectivity index (χ1n) is 7.38. The minimum absolute atomic E-state index is 0.0221. The van der Waals surface area contributed by atoms with Crippen molar-refractivity contribution in [1.82, 2.24) is 10.2 Å². The van der Waals surface area contributed by atoms with E-state index in [9.17, 15) is 9.90 Å². The second kappa shape index (κ2) is 5.80. The fraction of sp³-hybridized carbons (Fsp3) is 0.933. The predicted molar refractivity (Wildman–Crippen MR) is 78.4 cm³/mol. The quantitative estimate of drug-likeness (QED) is 0.711. The molecule has 0 aromatic rings. The molecule has 0 aromatic carbocycles. The van der Waals surface area contributed by atoms with Gasteiger partial charge in [0.1, 0.15) is 5.54 Å². The van der Waals surface area contributed by atoms with E-state index in [0.717, 1.165) is 19.3 Å². The zero-order valence-corrected chi connectivity index (χ0v) is 13.3. The Balaban J connectivity index is 2.94. The Hall–Kier alpha value is -0.610. The van der Waals surface area contributed by atoms with Gasteiger partial charge in [-0.05, 0) is 59.9 Å². The van der Waals surface area contributed by atoms with Crippen molar-refractivity contribution in [3.8, 4) is 0 Å². The maximum atomic E-state index is 11.9. The number of hydrogen-bond acceptors (Lipinski definition) is 3. The molecule has 4 heteroatoms. The van der Waals surface area contributed by atoms with Crippen LogP contribution in [0.3, 0.4) is 0 Å². The van der Waals surface area contributed by atoms with E-state index in [4.69, 9.17) is 0 Å². The summed E-state index contributed by atoms with van der Waals surface area (Å²) in [7, 11) is 2.03. The molecule has 0 amide bonds. The molecule has 112 valence electrons. The Morgan fingerprint density at radius 3 is 2.26 bits per heavy atom. The Labute approximate surface area is 117 Å². The summed E-state index contributed by atoms with van der Waals surface area (Å²) in [5.41, 5.74) is -0.774. The van der Waals surface area contributed by atoms with Crippen LogP contribution in [-0.4, -0.2) is 46.7 Å². The summed E-state index contributed by atoms with van der Waals surface area (Å²) in [6, 6.07) is 0.176.